The Morgan fingerprint density at radius 1 is 1.44 bits per heavy atom. The first-order valence-electron chi connectivity index (χ1n) is 4.78. The first-order valence-corrected chi connectivity index (χ1v) is 5.55. The molecule has 2 aromatic rings. The van der Waals surface area contributed by atoms with Gasteiger partial charge in [-0.1, -0.05) is 6.07 Å². The molecule has 0 fully saturated rings. The number of hydrogen-bond donors (Lipinski definition) is 2. The van der Waals surface area contributed by atoms with E-state index in [4.69, 9.17) is 5.73 Å². The zero-order valence-electron chi connectivity index (χ0n) is 9.14. The van der Waals surface area contributed by atoms with Gasteiger partial charge in [0.1, 0.15) is 10.8 Å². The van der Waals surface area contributed by atoms with Gasteiger partial charge in [0.2, 0.25) is 0 Å². The van der Waals surface area contributed by atoms with Gasteiger partial charge < -0.3 is 11.2 Å². The van der Waals surface area contributed by atoms with Gasteiger partial charge in [0.05, 0.1) is 5.56 Å². The minimum atomic E-state index is 0.530. The molecule has 0 aliphatic carbocycles. The highest BCUT2D eigenvalue weighted by Gasteiger charge is 2.13. The molecule has 0 unspecified atom stereocenters. The molecule has 5 nitrogen and oxygen atoms in total. The molecule has 0 atom stereocenters. The Kier molecular flexibility index (Phi) is 3.02. The van der Waals surface area contributed by atoms with E-state index < -0.39 is 0 Å². The van der Waals surface area contributed by atoms with Gasteiger partial charge in [-0.15, -0.1) is 0 Å². The van der Waals surface area contributed by atoms with Gasteiger partial charge in [-0.25, -0.2) is 5.01 Å². The zero-order valence-corrected chi connectivity index (χ0v) is 9.95. The molecule has 0 saturated carbocycles. The monoisotopic (exact) mass is 235 g/mol. The number of pyridine rings is 1. The largest absolute Gasteiger partial charge is 0.382 e. The third kappa shape index (κ3) is 2.12. The van der Waals surface area contributed by atoms with Gasteiger partial charge >= 0.3 is 0 Å². The lowest BCUT2D eigenvalue weighted by Gasteiger charge is -2.12. The topological polar surface area (TPSA) is 67.1 Å². The van der Waals surface area contributed by atoms with Crippen LogP contribution in [0, 0.1) is 0 Å². The minimum Gasteiger partial charge on any atom is -0.382 e. The van der Waals surface area contributed by atoms with Crippen LogP contribution in [0.2, 0.25) is 0 Å². The summed E-state index contributed by atoms with van der Waals surface area (Å²) >= 11 is 1.34. The Labute approximate surface area is 98.1 Å². The zero-order chi connectivity index (χ0) is 11.5. The fraction of sp³-hybridized carbons (Fsp3) is 0.200. The van der Waals surface area contributed by atoms with Crippen molar-refractivity contribution in [3.8, 4) is 11.1 Å². The van der Waals surface area contributed by atoms with Crippen molar-refractivity contribution in [2.24, 2.45) is 0 Å². The number of hydrazine groups is 1. The predicted octanol–water partition coefficient (Wildman–Crippen LogP) is 1.68. The molecule has 0 saturated heterocycles. The van der Waals surface area contributed by atoms with Crippen molar-refractivity contribution in [2.45, 2.75) is 0 Å². The number of anilines is 2. The molecule has 0 spiro atoms. The second-order valence-electron chi connectivity index (χ2n) is 3.52. The van der Waals surface area contributed by atoms with Gasteiger partial charge in [0, 0.05) is 32.1 Å². The molecule has 3 N–H and O–H groups in total. The van der Waals surface area contributed by atoms with E-state index in [0.717, 1.165) is 16.1 Å². The van der Waals surface area contributed by atoms with Gasteiger partial charge in [-0.3, -0.25) is 4.98 Å². The highest BCUT2D eigenvalue weighted by molar-refractivity contribution is 7.11. The van der Waals surface area contributed by atoms with Crippen LogP contribution >= 0.6 is 11.5 Å². The summed E-state index contributed by atoms with van der Waals surface area (Å²) in [6.07, 6.45) is 3.51. The van der Waals surface area contributed by atoms with E-state index in [-0.39, 0.29) is 0 Å². The Morgan fingerprint density at radius 3 is 2.88 bits per heavy atom. The first-order chi connectivity index (χ1) is 7.68. The second kappa shape index (κ2) is 4.46. The van der Waals surface area contributed by atoms with E-state index in [2.05, 4.69) is 14.8 Å². The lowest BCUT2D eigenvalue weighted by atomic mass is 10.1. The minimum absolute atomic E-state index is 0.530. The maximum atomic E-state index is 5.86. The van der Waals surface area contributed by atoms with Crippen LogP contribution in [-0.2, 0) is 0 Å². The van der Waals surface area contributed by atoms with Crippen LogP contribution in [-0.4, -0.2) is 28.5 Å². The molecule has 6 heteroatoms. The molecule has 0 aliphatic heterocycles. The van der Waals surface area contributed by atoms with E-state index in [1.54, 1.807) is 12.4 Å². The van der Waals surface area contributed by atoms with Crippen molar-refractivity contribution in [3.63, 3.8) is 0 Å². The molecule has 16 heavy (non-hydrogen) atoms. The summed E-state index contributed by atoms with van der Waals surface area (Å²) in [5.41, 5.74) is 10.9. The van der Waals surface area contributed by atoms with Crippen molar-refractivity contribution in [3.05, 3.63) is 24.5 Å². The summed E-state index contributed by atoms with van der Waals surface area (Å²) in [5, 5.41) is 2.78. The molecule has 84 valence electrons. The SMILES string of the molecule is CN(C)Nc1snc(N)c1-c1cccnc1. The fourth-order valence-corrected chi connectivity index (χ4v) is 2.19. The van der Waals surface area contributed by atoms with Gasteiger partial charge in [-0.2, -0.15) is 4.37 Å². The normalized spacial score (nSPS) is 10.7. The van der Waals surface area contributed by atoms with Crippen molar-refractivity contribution < 1.29 is 0 Å². The average Bonchev–Trinajstić information content (AvgIpc) is 2.60. The number of nitrogens with zero attached hydrogens (tertiary/aromatic N) is 3. The quantitative estimate of drug-likeness (QED) is 0.792. The van der Waals surface area contributed by atoms with Gasteiger partial charge in [0.15, 0.2) is 0 Å². The lowest BCUT2D eigenvalue weighted by molar-refractivity contribution is 0.497. The number of nitrogen functional groups attached to an aromatic ring is 1. The third-order valence-electron chi connectivity index (χ3n) is 1.99. The maximum absolute atomic E-state index is 5.86. The van der Waals surface area contributed by atoms with Crippen LogP contribution in [0.15, 0.2) is 24.5 Å². The van der Waals surface area contributed by atoms with Crippen LogP contribution in [0.25, 0.3) is 11.1 Å². The summed E-state index contributed by atoms with van der Waals surface area (Å²) in [6, 6.07) is 3.85. The molecular formula is C10H13N5S. The molecule has 0 radical (unpaired) electrons. The number of nitrogens with one attached hydrogen (secondary N) is 1. The van der Waals surface area contributed by atoms with E-state index in [9.17, 15) is 0 Å². The Bertz CT molecular complexity index is 465. The molecule has 0 aromatic carbocycles. The molecule has 2 aromatic heterocycles. The molecule has 0 bridgehead atoms. The van der Waals surface area contributed by atoms with Gasteiger partial charge in [-0.05, 0) is 17.6 Å². The summed E-state index contributed by atoms with van der Waals surface area (Å²) < 4.78 is 4.15. The maximum Gasteiger partial charge on any atom is 0.147 e. The van der Waals surface area contributed by atoms with E-state index in [1.807, 2.05) is 31.2 Å². The van der Waals surface area contributed by atoms with Crippen molar-refractivity contribution >= 4 is 22.4 Å². The average molecular weight is 235 g/mol. The summed E-state index contributed by atoms with van der Waals surface area (Å²) in [6.45, 7) is 0. The Morgan fingerprint density at radius 2 is 2.25 bits per heavy atom. The molecular weight excluding hydrogens is 222 g/mol. The standard InChI is InChI=1S/C10H13N5S/c1-15(2)13-10-8(9(11)14-16-10)7-4-3-5-12-6-7/h3-6,13H,1-2H3,(H2,11,14). The van der Waals surface area contributed by atoms with Crippen molar-refractivity contribution in [1.82, 2.24) is 14.4 Å². The lowest BCUT2D eigenvalue weighted by Crippen LogP contribution is -2.19. The highest BCUT2D eigenvalue weighted by Crippen LogP contribution is 2.36. The number of rotatable bonds is 3. The van der Waals surface area contributed by atoms with Crippen LogP contribution < -0.4 is 11.2 Å². The van der Waals surface area contributed by atoms with Crippen LogP contribution in [0.5, 0.6) is 0 Å². The number of aromatic nitrogens is 2. The molecule has 2 rings (SSSR count). The number of hydrogen-bond acceptors (Lipinski definition) is 6. The summed E-state index contributed by atoms with van der Waals surface area (Å²) in [4.78, 5) is 4.08. The Hall–Kier alpha value is -1.66. The summed E-state index contributed by atoms with van der Waals surface area (Å²) in [5.74, 6) is 0.530. The second-order valence-corrected chi connectivity index (χ2v) is 4.29. The van der Waals surface area contributed by atoms with Crippen LogP contribution in [0.1, 0.15) is 0 Å². The van der Waals surface area contributed by atoms with Crippen molar-refractivity contribution in [2.75, 3.05) is 25.3 Å². The predicted molar refractivity (Wildman–Crippen MR) is 67.1 cm³/mol. The van der Waals surface area contributed by atoms with Gasteiger partial charge in [0.25, 0.3) is 0 Å². The molecule has 2 heterocycles. The first kappa shape index (κ1) is 10.8. The van der Waals surface area contributed by atoms with Crippen molar-refractivity contribution in [1.29, 1.82) is 0 Å². The highest BCUT2D eigenvalue weighted by atomic mass is 32.1. The van der Waals surface area contributed by atoms with Crippen LogP contribution in [0.4, 0.5) is 10.8 Å². The Balaban J connectivity index is 2.43. The van der Waals surface area contributed by atoms with E-state index in [1.165, 1.54) is 11.5 Å². The number of nitrogens with two attached hydrogens (primary N) is 1. The molecule has 0 amide bonds. The fourth-order valence-electron chi connectivity index (χ4n) is 1.37. The third-order valence-corrected chi connectivity index (χ3v) is 2.76. The van der Waals surface area contributed by atoms with E-state index in [0.29, 0.717) is 5.82 Å². The van der Waals surface area contributed by atoms with Crippen LogP contribution in [0.3, 0.4) is 0 Å². The van der Waals surface area contributed by atoms with E-state index >= 15 is 0 Å². The smallest absolute Gasteiger partial charge is 0.147 e. The summed E-state index contributed by atoms with van der Waals surface area (Å²) in [7, 11) is 3.84. The molecule has 0 aliphatic rings.